The van der Waals surface area contributed by atoms with Crippen LogP contribution in [-0.4, -0.2) is 36.8 Å². The molecule has 1 aromatic rings. The van der Waals surface area contributed by atoms with E-state index >= 15 is 0 Å². The molecule has 0 radical (unpaired) electrons. The van der Waals surface area contributed by atoms with Crippen molar-refractivity contribution in [1.82, 2.24) is 5.32 Å². The minimum Gasteiger partial charge on any atom is -0.489 e. The van der Waals surface area contributed by atoms with Gasteiger partial charge in [-0.2, -0.15) is 0 Å². The summed E-state index contributed by atoms with van der Waals surface area (Å²) in [7, 11) is 0. The zero-order valence-corrected chi connectivity index (χ0v) is 17.6. The van der Waals surface area contributed by atoms with E-state index in [9.17, 15) is 4.79 Å². The van der Waals surface area contributed by atoms with Crippen LogP contribution in [-0.2, 0) is 9.53 Å². The minimum atomic E-state index is -0.900. The molecule has 0 heterocycles. The monoisotopic (exact) mass is 434 g/mol. The summed E-state index contributed by atoms with van der Waals surface area (Å²) in [6.07, 6.45) is 0.409. The summed E-state index contributed by atoms with van der Waals surface area (Å²) >= 11 is 3.41. The Morgan fingerprint density at radius 2 is 2.16 bits per heavy atom. The molecule has 1 aliphatic rings. The minimum absolute atomic E-state index is 0. The molecule has 7 heteroatoms. The molecule has 0 bridgehead atoms. The highest BCUT2D eigenvalue weighted by atomic mass is 79.9. The summed E-state index contributed by atoms with van der Waals surface area (Å²) in [5, 5.41) is 2.92. The Hall–Kier alpha value is -0.820. The molecule has 142 valence electrons. The lowest BCUT2D eigenvalue weighted by atomic mass is 9.54. The first-order valence-corrected chi connectivity index (χ1v) is 9.11. The van der Waals surface area contributed by atoms with Gasteiger partial charge in [-0.15, -0.1) is 12.4 Å². The standard InChI is InChI=1S/C18H27BrN2O3.ClH/c1-5-23-15-10-18(20,17(15,3)4)16(22)21-11-12(2)24-14-8-6-7-13(19)9-14;/h6-9,12,15H,5,10-11,20H2,1-4H3,(H,21,22);1H. The number of halogens is 2. The Bertz CT molecular complexity index is 599. The van der Waals surface area contributed by atoms with Gasteiger partial charge in [-0.25, -0.2) is 0 Å². The number of carbonyl (C=O) groups is 1. The van der Waals surface area contributed by atoms with Crippen LogP contribution in [0, 0.1) is 5.41 Å². The van der Waals surface area contributed by atoms with Crippen LogP contribution in [0.15, 0.2) is 28.7 Å². The zero-order valence-electron chi connectivity index (χ0n) is 15.2. The van der Waals surface area contributed by atoms with Crippen molar-refractivity contribution in [2.24, 2.45) is 11.1 Å². The third-order valence-electron chi connectivity index (χ3n) is 4.92. The van der Waals surface area contributed by atoms with Crippen molar-refractivity contribution >= 4 is 34.2 Å². The fourth-order valence-corrected chi connectivity index (χ4v) is 3.41. The molecule has 3 atom stereocenters. The van der Waals surface area contributed by atoms with Gasteiger partial charge >= 0.3 is 0 Å². The van der Waals surface area contributed by atoms with Crippen molar-refractivity contribution in [2.45, 2.75) is 51.9 Å². The topological polar surface area (TPSA) is 73.6 Å². The lowest BCUT2D eigenvalue weighted by Crippen LogP contribution is -2.76. The summed E-state index contributed by atoms with van der Waals surface area (Å²) in [6.45, 7) is 8.87. The summed E-state index contributed by atoms with van der Waals surface area (Å²) in [5.41, 5.74) is 5.08. The van der Waals surface area contributed by atoms with E-state index in [-0.39, 0.29) is 35.9 Å². The molecule has 3 unspecified atom stereocenters. The van der Waals surface area contributed by atoms with Crippen LogP contribution in [0.4, 0.5) is 0 Å². The third kappa shape index (κ3) is 4.67. The van der Waals surface area contributed by atoms with Gasteiger partial charge in [0.05, 0.1) is 12.6 Å². The number of carbonyl (C=O) groups excluding carboxylic acids is 1. The summed E-state index contributed by atoms with van der Waals surface area (Å²) in [4.78, 5) is 12.6. The molecule has 1 fully saturated rings. The average Bonchev–Trinajstić information content (AvgIpc) is 2.52. The van der Waals surface area contributed by atoms with E-state index in [1.807, 2.05) is 52.0 Å². The van der Waals surface area contributed by atoms with Crippen molar-refractivity contribution < 1.29 is 14.3 Å². The van der Waals surface area contributed by atoms with Gasteiger partial charge in [0, 0.05) is 22.9 Å². The Labute approximate surface area is 164 Å². The molecule has 3 N–H and O–H groups in total. The number of hydrogen-bond acceptors (Lipinski definition) is 4. The highest BCUT2D eigenvalue weighted by Crippen LogP contribution is 2.49. The second-order valence-electron chi connectivity index (χ2n) is 6.94. The molecule has 0 spiro atoms. The Morgan fingerprint density at radius 1 is 1.48 bits per heavy atom. The van der Waals surface area contributed by atoms with E-state index in [0.717, 1.165) is 10.2 Å². The van der Waals surface area contributed by atoms with Gasteiger partial charge in [0.1, 0.15) is 17.4 Å². The maximum Gasteiger partial charge on any atom is 0.240 e. The second kappa shape index (κ2) is 8.71. The lowest BCUT2D eigenvalue weighted by molar-refractivity contribution is -0.170. The molecule has 0 saturated heterocycles. The summed E-state index contributed by atoms with van der Waals surface area (Å²) in [6, 6.07) is 7.62. The molecule has 0 aliphatic heterocycles. The highest BCUT2D eigenvalue weighted by Gasteiger charge is 2.62. The van der Waals surface area contributed by atoms with Gasteiger partial charge in [0.2, 0.25) is 5.91 Å². The molecule has 1 aliphatic carbocycles. The van der Waals surface area contributed by atoms with E-state index < -0.39 is 5.54 Å². The molecule has 0 aromatic heterocycles. The van der Waals surface area contributed by atoms with Crippen molar-refractivity contribution in [1.29, 1.82) is 0 Å². The largest absolute Gasteiger partial charge is 0.489 e. The van der Waals surface area contributed by atoms with Gasteiger partial charge in [0.25, 0.3) is 0 Å². The number of benzene rings is 1. The van der Waals surface area contributed by atoms with Gasteiger partial charge in [-0.05, 0) is 32.0 Å². The number of ether oxygens (including phenoxy) is 2. The highest BCUT2D eigenvalue weighted by molar-refractivity contribution is 9.10. The fraction of sp³-hybridized carbons (Fsp3) is 0.611. The van der Waals surface area contributed by atoms with Crippen molar-refractivity contribution in [3.05, 3.63) is 28.7 Å². The van der Waals surface area contributed by atoms with Crippen molar-refractivity contribution in [3.8, 4) is 5.75 Å². The second-order valence-corrected chi connectivity index (χ2v) is 7.85. The van der Waals surface area contributed by atoms with E-state index in [2.05, 4.69) is 21.2 Å². The van der Waals surface area contributed by atoms with Gasteiger partial charge in [0.15, 0.2) is 0 Å². The third-order valence-corrected chi connectivity index (χ3v) is 5.41. The van der Waals surface area contributed by atoms with Crippen LogP contribution in [0.5, 0.6) is 5.75 Å². The van der Waals surface area contributed by atoms with E-state index in [1.165, 1.54) is 0 Å². The molecule has 5 nitrogen and oxygen atoms in total. The molecular weight excluding hydrogens is 408 g/mol. The van der Waals surface area contributed by atoms with Crippen molar-refractivity contribution in [3.63, 3.8) is 0 Å². The summed E-state index contributed by atoms with van der Waals surface area (Å²) in [5.74, 6) is 0.613. The smallest absolute Gasteiger partial charge is 0.240 e. The zero-order chi connectivity index (χ0) is 18.0. The SMILES string of the molecule is CCOC1CC(N)(C(=O)NCC(C)Oc2cccc(Br)c2)C1(C)C.Cl. The van der Waals surface area contributed by atoms with Gasteiger partial charge in [-0.3, -0.25) is 4.79 Å². The molecule has 1 amide bonds. The van der Waals surface area contributed by atoms with Crippen molar-refractivity contribution in [2.75, 3.05) is 13.2 Å². The van der Waals surface area contributed by atoms with Crippen LogP contribution in [0.25, 0.3) is 0 Å². The van der Waals surface area contributed by atoms with E-state index in [4.69, 9.17) is 15.2 Å². The molecule has 2 rings (SSSR count). The van der Waals surface area contributed by atoms with E-state index in [0.29, 0.717) is 19.6 Å². The first-order chi connectivity index (χ1) is 11.2. The predicted molar refractivity (Wildman–Crippen MR) is 105 cm³/mol. The quantitative estimate of drug-likeness (QED) is 0.689. The first kappa shape index (κ1) is 22.2. The normalized spacial score (nSPS) is 25.3. The number of nitrogens with two attached hydrogens (primary N) is 1. The Kier molecular flexibility index (Phi) is 7.74. The first-order valence-electron chi connectivity index (χ1n) is 8.31. The number of nitrogens with one attached hydrogen (secondary N) is 1. The number of amides is 1. The van der Waals surface area contributed by atoms with Crippen LogP contribution < -0.4 is 15.8 Å². The number of rotatable bonds is 7. The maximum absolute atomic E-state index is 12.6. The Balaban J connectivity index is 0.00000312. The lowest BCUT2D eigenvalue weighted by Gasteiger charge is -2.57. The molecule has 1 saturated carbocycles. The summed E-state index contributed by atoms with van der Waals surface area (Å²) < 4.78 is 12.4. The van der Waals surface area contributed by atoms with Crippen LogP contribution >= 0.6 is 28.3 Å². The van der Waals surface area contributed by atoms with Crippen LogP contribution in [0.2, 0.25) is 0 Å². The van der Waals surface area contributed by atoms with Gasteiger partial charge in [-0.1, -0.05) is 35.8 Å². The van der Waals surface area contributed by atoms with E-state index in [1.54, 1.807) is 0 Å². The van der Waals surface area contributed by atoms with Gasteiger partial charge < -0.3 is 20.5 Å². The average molecular weight is 436 g/mol. The molecular formula is C18H28BrClN2O3. The number of hydrogen-bond donors (Lipinski definition) is 2. The maximum atomic E-state index is 12.6. The predicted octanol–water partition coefficient (Wildman–Crippen LogP) is 3.29. The Morgan fingerprint density at radius 3 is 2.72 bits per heavy atom. The molecule has 25 heavy (non-hydrogen) atoms. The van der Waals surface area contributed by atoms with Crippen LogP contribution in [0.3, 0.4) is 0 Å². The fourth-order valence-electron chi connectivity index (χ4n) is 3.03. The molecule has 1 aromatic carbocycles. The van der Waals surface area contributed by atoms with Crippen LogP contribution in [0.1, 0.15) is 34.1 Å².